The van der Waals surface area contributed by atoms with Gasteiger partial charge in [0.05, 0.1) is 0 Å². The van der Waals surface area contributed by atoms with Gasteiger partial charge in [-0.2, -0.15) is 0 Å². The first-order valence-corrected chi connectivity index (χ1v) is 4.37. The Morgan fingerprint density at radius 3 is 2.87 bits per heavy atom. The molecule has 74 valence electrons. The molecular weight excluding hydrogens is 194 g/mol. The number of hydrogen-bond donors (Lipinski definition) is 1. The molecule has 0 bridgehead atoms. The number of aromatic nitrogens is 6. The van der Waals surface area contributed by atoms with Crippen LogP contribution in [0.15, 0.2) is 36.7 Å². The van der Waals surface area contributed by atoms with Gasteiger partial charge in [-0.1, -0.05) is 0 Å². The number of anilines is 1. The second-order valence-corrected chi connectivity index (χ2v) is 2.95. The predicted octanol–water partition coefficient (Wildman–Crippen LogP) is 0.196. The molecule has 15 heavy (non-hydrogen) atoms. The van der Waals surface area contributed by atoms with Crippen molar-refractivity contribution in [1.29, 1.82) is 0 Å². The lowest BCUT2D eigenvalue weighted by Gasteiger charge is -2.04. The Labute approximate surface area is 84.3 Å². The first kappa shape index (κ1) is 7.92. The number of hydrogen-bond acceptors (Lipinski definition) is 5. The van der Waals surface area contributed by atoms with Crippen LogP contribution in [-0.4, -0.2) is 29.9 Å². The molecule has 0 fully saturated rings. The van der Waals surface area contributed by atoms with Crippen LogP contribution in [0.4, 0.5) is 5.82 Å². The van der Waals surface area contributed by atoms with E-state index in [0.717, 1.165) is 0 Å². The van der Waals surface area contributed by atoms with Gasteiger partial charge < -0.3 is 0 Å². The Morgan fingerprint density at radius 2 is 2.00 bits per heavy atom. The fraction of sp³-hybridized carbons (Fsp3) is 0. The van der Waals surface area contributed by atoms with Crippen molar-refractivity contribution in [2.75, 3.05) is 5.43 Å². The SMILES string of the molecule is c1ccn(Nc2ccc3nnnn3n2)c1. The number of fused-ring (bicyclic) bond motifs is 1. The van der Waals surface area contributed by atoms with Crippen LogP contribution in [0.1, 0.15) is 0 Å². The molecule has 0 atom stereocenters. The number of tetrazole rings is 1. The summed E-state index contributed by atoms with van der Waals surface area (Å²) >= 11 is 0. The van der Waals surface area contributed by atoms with Crippen molar-refractivity contribution < 1.29 is 0 Å². The number of rotatable bonds is 2. The van der Waals surface area contributed by atoms with E-state index in [9.17, 15) is 0 Å². The zero-order valence-corrected chi connectivity index (χ0v) is 7.65. The van der Waals surface area contributed by atoms with Gasteiger partial charge in [0, 0.05) is 12.4 Å². The summed E-state index contributed by atoms with van der Waals surface area (Å²) in [5, 5.41) is 15.1. The average molecular weight is 201 g/mol. The van der Waals surface area contributed by atoms with Crippen LogP contribution in [0.2, 0.25) is 0 Å². The highest BCUT2D eigenvalue weighted by atomic mass is 15.6. The summed E-state index contributed by atoms with van der Waals surface area (Å²) < 4.78 is 3.16. The predicted molar refractivity (Wildman–Crippen MR) is 52.0 cm³/mol. The standard InChI is InChI=1S/C8H7N7/c1-2-6-14(5-1)10-7-3-4-8-9-12-13-15(8)11-7/h1-6H,(H,10,11). The van der Waals surface area contributed by atoms with Crippen molar-refractivity contribution in [3.63, 3.8) is 0 Å². The average Bonchev–Trinajstić information content (AvgIpc) is 2.87. The maximum atomic E-state index is 4.16. The summed E-state index contributed by atoms with van der Waals surface area (Å²) in [7, 11) is 0. The zero-order chi connectivity index (χ0) is 10.1. The molecule has 0 saturated heterocycles. The topological polar surface area (TPSA) is 72.9 Å². The second-order valence-electron chi connectivity index (χ2n) is 2.95. The van der Waals surface area contributed by atoms with Crippen molar-refractivity contribution in [3.8, 4) is 0 Å². The zero-order valence-electron chi connectivity index (χ0n) is 7.65. The molecule has 0 unspecified atom stereocenters. The van der Waals surface area contributed by atoms with Gasteiger partial charge in [0.1, 0.15) is 0 Å². The van der Waals surface area contributed by atoms with Crippen LogP contribution in [-0.2, 0) is 0 Å². The van der Waals surface area contributed by atoms with Crippen LogP contribution in [0.5, 0.6) is 0 Å². The summed E-state index contributed by atoms with van der Waals surface area (Å²) in [4.78, 5) is 0. The van der Waals surface area contributed by atoms with Gasteiger partial charge >= 0.3 is 0 Å². The smallest absolute Gasteiger partial charge is 0.200 e. The number of nitrogens with zero attached hydrogens (tertiary/aromatic N) is 6. The third kappa shape index (κ3) is 1.39. The Balaban J connectivity index is 1.97. The van der Waals surface area contributed by atoms with Crippen molar-refractivity contribution >= 4 is 11.5 Å². The first-order chi connectivity index (χ1) is 7.42. The van der Waals surface area contributed by atoms with E-state index < -0.39 is 0 Å². The van der Waals surface area contributed by atoms with Crippen LogP contribution in [0.3, 0.4) is 0 Å². The normalized spacial score (nSPS) is 10.7. The fourth-order valence-corrected chi connectivity index (χ4v) is 1.25. The van der Waals surface area contributed by atoms with Gasteiger partial charge in [0.25, 0.3) is 0 Å². The molecule has 0 aliphatic rings. The van der Waals surface area contributed by atoms with Crippen molar-refractivity contribution in [2.45, 2.75) is 0 Å². The minimum absolute atomic E-state index is 0.619. The molecule has 0 aliphatic heterocycles. The van der Waals surface area contributed by atoms with Crippen LogP contribution < -0.4 is 5.43 Å². The quantitative estimate of drug-likeness (QED) is 0.641. The lowest BCUT2D eigenvalue weighted by molar-refractivity contribution is 0.730. The molecule has 0 saturated carbocycles. The molecule has 3 aromatic rings. The summed E-state index contributed by atoms with van der Waals surface area (Å²) in [6, 6.07) is 7.44. The lowest BCUT2D eigenvalue weighted by atomic mass is 10.5. The highest BCUT2D eigenvalue weighted by molar-refractivity contribution is 5.41. The molecule has 3 heterocycles. The molecule has 0 amide bonds. The van der Waals surface area contributed by atoms with E-state index in [1.807, 2.05) is 30.6 Å². The van der Waals surface area contributed by atoms with E-state index in [1.54, 1.807) is 10.7 Å². The maximum Gasteiger partial charge on any atom is 0.200 e. The van der Waals surface area contributed by atoms with Crippen molar-refractivity contribution in [3.05, 3.63) is 36.7 Å². The van der Waals surface area contributed by atoms with Gasteiger partial charge in [0.2, 0.25) is 0 Å². The van der Waals surface area contributed by atoms with Crippen molar-refractivity contribution in [2.24, 2.45) is 0 Å². The Hall–Kier alpha value is -2.44. The Bertz CT molecular complexity index is 567. The lowest BCUT2D eigenvalue weighted by Crippen LogP contribution is -2.09. The third-order valence-electron chi connectivity index (χ3n) is 1.92. The minimum atomic E-state index is 0.619. The second kappa shape index (κ2) is 3.05. The molecule has 0 aliphatic carbocycles. The van der Waals surface area contributed by atoms with E-state index in [-0.39, 0.29) is 0 Å². The van der Waals surface area contributed by atoms with E-state index in [2.05, 4.69) is 26.0 Å². The largest absolute Gasteiger partial charge is 0.277 e. The molecule has 3 rings (SSSR count). The van der Waals surface area contributed by atoms with Gasteiger partial charge in [-0.3, -0.25) is 10.1 Å². The van der Waals surface area contributed by atoms with Crippen LogP contribution in [0.25, 0.3) is 5.65 Å². The Kier molecular flexibility index (Phi) is 1.61. The highest BCUT2D eigenvalue weighted by Crippen LogP contribution is 2.03. The molecule has 0 spiro atoms. The molecule has 3 aromatic heterocycles. The van der Waals surface area contributed by atoms with E-state index in [1.165, 1.54) is 4.63 Å². The van der Waals surface area contributed by atoms with E-state index in [4.69, 9.17) is 0 Å². The molecule has 7 heteroatoms. The molecular formula is C8H7N7. The third-order valence-corrected chi connectivity index (χ3v) is 1.92. The van der Waals surface area contributed by atoms with Crippen LogP contribution in [0, 0.1) is 0 Å². The highest BCUT2D eigenvalue weighted by Gasteiger charge is 1.99. The summed E-state index contributed by atoms with van der Waals surface area (Å²) in [5.41, 5.74) is 3.67. The van der Waals surface area contributed by atoms with Gasteiger partial charge in [0.15, 0.2) is 11.5 Å². The Morgan fingerprint density at radius 1 is 1.13 bits per heavy atom. The van der Waals surface area contributed by atoms with Crippen LogP contribution >= 0.6 is 0 Å². The van der Waals surface area contributed by atoms with Gasteiger partial charge in [-0.15, -0.1) is 14.8 Å². The molecule has 1 N–H and O–H groups in total. The summed E-state index contributed by atoms with van der Waals surface area (Å²) in [5.74, 6) is 0.672. The molecule has 0 aromatic carbocycles. The maximum absolute atomic E-state index is 4.16. The first-order valence-electron chi connectivity index (χ1n) is 4.37. The minimum Gasteiger partial charge on any atom is -0.277 e. The van der Waals surface area contributed by atoms with Gasteiger partial charge in [-0.05, 0) is 34.7 Å². The molecule has 0 radical (unpaired) electrons. The van der Waals surface area contributed by atoms with E-state index >= 15 is 0 Å². The number of nitrogens with one attached hydrogen (secondary N) is 1. The van der Waals surface area contributed by atoms with E-state index in [0.29, 0.717) is 11.5 Å². The van der Waals surface area contributed by atoms with Crippen molar-refractivity contribution in [1.82, 2.24) is 29.9 Å². The summed E-state index contributed by atoms with van der Waals surface area (Å²) in [6.07, 6.45) is 3.76. The summed E-state index contributed by atoms with van der Waals surface area (Å²) in [6.45, 7) is 0. The molecule has 7 nitrogen and oxygen atoms in total. The van der Waals surface area contributed by atoms with Gasteiger partial charge in [-0.25, -0.2) is 0 Å². The fourth-order valence-electron chi connectivity index (χ4n) is 1.25. The monoisotopic (exact) mass is 201 g/mol.